The molecule has 0 amide bonds. The number of rotatable bonds is 6. The Balaban J connectivity index is 2.50. The number of sulfone groups is 1. The topological polar surface area (TPSA) is 115 Å². The minimum Gasteiger partial charge on any atom is -0.258 e. The van der Waals surface area contributed by atoms with Gasteiger partial charge in [-0.1, -0.05) is 18.2 Å². The first-order valence-electron chi connectivity index (χ1n) is 7.89. The van der Waals surface area contributed by atoms with Crippen molar-refractivity contribution in [3.05, 3.63) is 63.7 Å². The summed E-state index contributed by atoms with van der Waals surface area (Å²) in [6.45, 7) is 3.18. The summed E-state index contributed by atoms with van der Waals surface area (Å²) < 4.78 is 50.8. The van der Waals surface area contributed by atoms with Crippen LogP contribution in [-0.4, -0.2) is 39.4 Å². The molecule has 10 heteroatoms. The van der Waals surface area contributed by atoms with E-state index in [-0.39, 0.29) is 15.5 Å². The van der Waals surface area contributed by atoms with Gasteiger partial charge in [0, 0.05) is 31.5 Å². The van der Waals surface area contributed by atoms with Gasteiger partial charge in [-0.25, -0.2) is 16.8 Å². The van der Waals surface area contributed by atoms with E-state index in [9.17, 15) is 26.9 Å². The van der Waals surface area contributed by atoms with Crippen molar-refractivity contribution in [2.75, 3.05) is 13.3 Å². The molecular formula is C17H20N2O6S2. The molecule has 1 unspecified atom stereocenters. The minimum absolute atomic E-state index is 0.0944. The van der Waals surface area contributed by atoms with E-state index >= 15 is 0 Å². The van der Waals surface area contributed by atoms with Crippen molar-refractivity contribution in [3.8, 4) is 0 Å². The van der Waals surface area contributed by atoms with E-state index in [1.54, 1.807) is 19.9 Å². The van der Waals surface area contributed by atoms with E-state index in [1.165, 1.54) is 37.4 Å². The fraction of sp³-hybridized carbons (Fsp3) is 0.294. The number of sulfonamides is 1. The molecule has 0 radical (unpaired) electrons. The fourth-order valence-corrected chi connectivity index (χ4v) is 4.88. The molecule has 0 heterocycles. The van der Waals surface area contributed by atoms with Gasteiger partial charge in [-0.15, -0.1) is 0 Å². The zero-order valence-corrected chi connectivity index (χ0v) is 16.9. The highest BCUT2D eigenvalue weighted by atomic mass is 32.2. The highest BCUT2D eigenvalue weighted by Gasteiger charge is 2.29. The van der Waals surface area contributed by atoms with Gasteiger partial charge in [-0.2, -0.15) is 4.31 Å². The first-order chi connectivity index (χ1) is 12.4. The second kappa shape index (κ2) is 7.37. The molecule has 0 aliphatic rings. The molecule has 0 fully saturated rings. The predicted molar refractivity (Wildman–Crippen MR) is 101 cm³/mol. The third-order valence-corrected chi connectivity index (χ3v) is 7.53. The van der Waals surface area contributed by atoms with E-state index in [0.717, 1.165) is 16.6 Å². The number of nitrogens with zero attached hydrogens (tertiary/aromatic N) is 2. The molecular weight excluding hydrogens is 392 g/mol. The van der Waals surface area contributed by atoms with Gasteiger partial charge in [0.1, 0.15) is 0 Å². The minimum atomic E-state index is -4.03. The summed E-state index contributed by atoms with van der Waals surface area (Å²) in [6.07, 6.45) is 1.00. The van der Waals surface area contributed by atoms with Gasteiger partial charge >= 0.3 is 0 Å². The summed E-state index contributed by atoms with van der Waals surface area (Å²) in [5.41, 5.74) is 0.716. The molecule has 1 atom stereocenters. The van der Waals surface area contributed by atoms with Crippen molar-refractivity contribution < 1.29 is 21.8 Å². The second-order valence-corrected chi connectivity index (χ2v) is 10.2. The van der Waals surface area contributed by atoms with Gasteiger partial charge in [0.2, 0.25) is 10.0 Å². The van der Waals surface area contributed by atoms with Gasteiger partial charge in [0.15, 0.2) is 9.84 Å². The Labute approximate surface area is 158 Å². The molecule has 0 saturated heterocycles. The Kier molecular flexibility index (Phi) is 5.74. The third kappa shape index (κ3) is 4.34. The van der Waals surface area contributed by atoms with Crippen LogP contribution < -0.4 is 0 Å². The molecule has 0 aromatic heterocycles. The summed E-state index contributed by atoms with van der Waals surface area (Å²) in [5, 5.41) is 11.0. The molecule has 0 spiro atoms. The Morgan fingerprint density at radius 1 is 1.07 bits per heavy atom. The van der Waals surface area contributed by atoms with Crippen LogP contribution in [0.2, 0.25) is 0 Å². The monoisotopic (exact) mass is 412 g/mol. The van der Waals surface area contributed by atoms with Crippen molar-refractivity contribution in [2.45, 2.75) is 29.7 Å². The number of hydrogen-bond acceptors (Lipinski definition) is 6. The number of hydrogen-bond donors (Lipinski definition) is 0. The van der Waals surface area contributed by atoms with Crippen molar-refractivity contribution in [1.82, 2.24) is 4.31 Å². The van der Waals surface area contributed by atoms with Gasteiger partial charge < -0.3 is 0 Å². The molecule has 0 aliphatic heterocycles. The molecule has 0 bridgehead atoms. The Bertz CT molecular complexity index is 1090. The van der Waals surface area contributed by atoms with E-state index in [2.05, 4.69) is 0 Å². The number of benzene rings is 2. The molecule has 2 aromatic carbocycles. The van der Waals surface area contributed by atoms with Crippen molar-refractivity contribution >= 4 is 25.5 Å². The molecule has 0 aliphatic carbocycles. The molecule has 2 rings (SSSR count). The highest BCUT2D eigenvalue weighted by molar-refractivity contribution is 7.91. The van der Waals surface area contributed by atoms with E-state index < -0.39 is 30.8 Å². The van der Waals surface area contributed by atoms with E-state index in [4.69, 9.17) is 0 Å². The van der Waals surface area contributed by atoms with Crippen molar-refractivity contribution in [3.63, 3.8) is 0 Å². The molecule has 2 aromatic rings. The number of nitro groups is 1. The van der Waals surface area contributed by atoms with Crippen LogP contribution in [0.1, 0.15) is 24.1 Å². The van der Waals surface area contributed by atoms with Crippen LogP contribution in [0.5, 0.6) is 0 Å². The Hall–Kier alpha value is -2.30. The molecule has 8 nitrogen and oxygen atoms in total. The number of nitro benzene ring substituents is 1. The molecule has 0 saturated carbocycles. The summed E-state index contributed by atoms with van der Waals surface area (Å²) in [7, 11) is -6.25. The lowest BCUT2D eigenvalue weighted by molar-refractivity contribution is -0.384. The van der Waals surface area contributed by atoms with Crippen molar-refractivity contribution in [1.29, 1.82) is 0 Å². The third-order valence-electron chi connectivity index (χ3n) is 4.35. The van der Waals surface area contributed by atoms with Gasteiger partial charge in [-0.3, -0.25) is 10.1 Å². The lowest BCUT2D eigenvalue weighted by Crippen LogP contribution is -2.30. The lowest BCUT2D eigenvalue weighted by atomic mass is 10.1. The lowest BCUT2D eigenvalue weighted by Gasteiger charge is -2.25. The zero-order valence-electron chi connectivity index (χ0n) is 15.3. The van der Waals surface area contributed by atoms with Gasteiger partial charge in [0.25, 0.3) is 5.69 Å². The highest BCUT2D eigenvalue weighted by Crippen LogP contribution is 2.30. The van der Waals surface area contributed by atoms with Crippen LogP contribution in [0.4, 0.5) is 5.69 Å². The standard InChI is InChI=1S/C17H20N2O6S2/c1-12-8-9-16(26(4,22)23)11-17(12)27(24,25)18(3)13(2)14-6-5-7-15(10-14)19(20)21/h5-11,13H,1-4H3. The average molecular weight is 412 g/mol. The maximum Gasteiger partial charge on any atom is 0.269 e. The summed E-state index contributed by atoms with van der Waals surface area (Å²) in [6, 6.07) is 8.96. The van der Waals surface area contributed by atoms with Crippen LogP contribution in [0, 0.1) is 17.0 Å². The quantitative estimate of drug-likeness (QED) is 0.532. The van der Waals surface area contributed by atoms with Gasteiger partial charge in [0.05, 0.1) is 14.7 Å². The first-order valence-corrected chi connectivity index (χ1v) is 11.2. The maximum absolute atomic E-state index is 13.1. The van der Waals surface area contributed by atoms with Crippen LogP contribution in [0.25, 0.3) is 0 Å². The predicted octanol–water partition coefficient (Wildman–Crippen LogP) is 2.69. The van der Waals surface area contributed by atoms with Crippen LogP contribution in [0.3, 0.4) is 0 Å². The Morgan fingerprint density at radius 2 is 1.70 bits per heavy atom. The largest absolute Gasteiger partial charge is 0.269 e. The fourth-order valence-electron chi connectivity index (χ4n) is 2.56. The summed E-state index contributed by atoms with van der Waals surface area (Å²) in [5.74, 6) is 0. The molecule has 146 valence electrons. The average Bonchev–Trinajstić information content (AvgIpc) is 2.59. The van der Waals surface area contributed by atoms with Crippen LogP contribution in [-0.2, 0) is 19.9 Å². The summed E-state index contributed by atoms with van der Waals surface area (Å²) in [4.78, 5) is 10.2. The zero-order chi connectivity index (χ0) is 20.6. The van der Waals surface area contributed by atoms with E-state index in [1.807, 2.05) is 0 Å². The molecule has 0 N–H and O–H groups in total. The van der Waals surface area contributed by atoms with Crippen molar-refractivity contribution in [2.24, 2.45) is 0 Å². The Morgan fingerprint density at radius 3 is 2.26 bits per heavy atom. The smallest absolute Gasteiger partial charge is 0.258 e. The van der Waals surface area contributed by atoms with Crippen LogP contribution >= 0.6 is 0 Å². The number of aryl methyl sites for hydroxylation is 1. The number of non-ortho nitro benzene ring substituents is 1. The SMILES string of the molecule is Cc1ccc(S(C)(=O)=O)cc1S(=O)(=O)N(C)C(C)c1cccc([N+](=O)[O-])c1. The van der Waals surface area contributed by atoms with Crippen LogP contribution in [0.15, 0.2) is 52.3 Å². The second-order valence-electron chi connectivity index (χ2n) is 6.25. The first kappa shape index (κ1) is 21.0. The van der Waals surface area contributed by atoms with Gasteiger partial charge in [-0.05, 0) is 37.1 Å². The maximum atomic E-state index is 13.1. The van der Waals surface area contributed by atoms with E-state index in [0.29, 0.717) is 11.1 Å². The molecule has 27 heavy (non-hydrogen) atoms. The summed E-state index contributed by atoms with van der Waals surface area (Å²) >= 11 is 0. The normalized spacial score (nSPS) is 13.5.